The van der Waals surface area contributed by atoms with Crippen LogP contribution in [0.2, 0.25) is 5.15 Å². The number of alkyl halides is 1. The highest BCUT2D eigenvalue weighted by atomic mass is 35.5. The molecule has 2 aromatic rings. The molecular weight excluding hydrogens is 353 g/mol. The third-order valence-corrected chi connectivity index (χ3v) is 4.51. The van der Waals surface area contributed by atoms with Gasteiger partial charge >= 0.3 is 0 Å². The Hall–Kier alpha value is -0.840. The summed E-state index contributed by atoms with van der Waals surface area (Å²) in [5.74, 6) is 0.388. The third-order valence-electron chi connectivity index (χ3n) is 4.04. The number of rotatable bonds is 5. The Morgan fingerprint density at radius 3 is 2.70 bits per heavy atom. The predicted octanol–water partition coefficient (Wildman–Crippen LogP) is 4.74. The van der Waals surface area contributed by atoms with Crippen molar-refractivity contribution < 1.29 is 0 Å². The van der Waals surface area contributed by atoms with Gasteiger partial charge in [-0.2, -0.15) is 0 Å². The summed E-state index contributed by atoms with van der Waals surface area (Å²) in [6.45, 7) is 1.86. The Morgan fingerprint density at radius 1 is 1.17 bits per heavy atom. The molecular formula is C17H20Cl3N3. The molecule has 124 valence electrons. The standard InChI is InChI=1S/C17H19Cl2N3.ClH/c18-11-15-14(8-9-17(19)21-15)16-7-4-10-22(16)20-12-13-5-2-1-3-6-13;/h1-3,5-6,8-9,16,20H,4,7,10-12H2;1H. The number of pyridine rings is 1. The van der Waals surface area contributed by atoms with Crippen LogP contribution in [0, 0.1) is 0 Å². The third kappa shape index (κ3) is 4.59. The summed E-state index contributed by atoms with van der Waals surface area (Å²) >= 11 is 12.0. The van der Waals surface area contributed by atoms with Crippen molar-refractivity contribution in [1.29, 1.82) is 0 Å². The van der Waals surface area contributed by atoms with Gasteiger partial charge in [-0.1, -0.05) is 48.0 Å². The molecule has 0 radical (unpaired) electrons. The van der Waals surface area contributed by atoms with Crippen LogP contribution in [0.3, 0.4) is 0 Å². The molecule has 0 bridgehead atoms. The molecule has 1 atom stereocenters. The van der Waals surface area contributed by atoms with Gasteiger partial charge in [0.2, 0.25) is 0 Å². The molecule has 1 aromatic heterocycles. The van der Waals surface area contributed by atoms with Gasteiger partial charge in [0.15, 0.2) is 0 Å². The lowest BCUT2D eigenvalue weighted by Gasteiger charge is -2.26. The molecule has 23 heavy (non-hydrogen) atoms. The van der Waals surface area contributed by atoms with Crippen LogP contribution < -0.4 is 5.43 Å². The summed E-state index contributed by atoms with van der Waals surface area (Å²) in [6.07, 6.45) is 2.27. The molecule has 2 heterocycles. The number of nitrogens with one attached hydrogen (secondary N) is 1. The molecule has 1 saturated heterocycles. The number of benzene rings is 1. The lowest BCUT2D eigenvalue weighted by Crippen LogP contribution is -2.37. The van der Waals surface area contributed by atoms with Gasteiger partial charge in [-0.15, -0.1) is 24.0 Å². The molecule has 1 aliphatic rings. The lowest BCUT2D eigenvalue weighted by atomic mass is 10.0. The zero-order valence-corrected chi connectivity index (χ0v) is 15.0. The molecule has 3 rings (SSSR count). The first-order chi connectivity index (χ1) is 10.8. The summed E-state index contributed by atoms with van der Waals surface area (Å²) in [7, 11) is 0. The maximum absolute atomic E-state index is 6.04. The molecule has 1 aliphatic heterocycles. The summed E-state index contributed by atoms with van der Waals surface area (Å²) in [5, 5.41) is 2.80. The summed E-state index contributed by atoms with van der Waals surface area (Å²) in [5.41, 5.74) is 6.88. The highest BCUT2D eigenvalue weighted by Crippen LogP contribution is 2.33. The van der Waals surface area contributed by atoms with Gasteiger partial charge in [0, 0.05) is 13.1 Å². The Morgan fingerprint density at radius 2 is 1.96 bits per heavy atom. The highest BCUT2D eigenvalue weighted by Gasteiger charge is 2.28. The Bertz CT molecular complexity index is 622. The Labute approximate surface area is 153 Å². The molecule has 3 nitrogen and oxygen atoms in total. The Kier molecular flexibility index (Phi) is 7.12. The second-order valence-electron chi connectivity index (χ2n) is 5.48. The minimum atomic E-state index is 0. The fourth-order valence-corrected chi connectivity index (χ4v) is 3.34. The van der Waals surface area contributed by atoms with Crippen molar-refractivity contribution in [2.75, 3.05) is 6.54 Å². The van der Waals surface area contributed by atoms with E-state index in [0.717, 1.165) is 31.6 Å². The van der Waals surface area contributed by atoms with Crippen molar-refractivity contribution in [3.8, 4) is 0 Å². The molecule has 1 aromatic carbocycles. The zero-order chi connectivity index (χ0) is 15.4. The Balaban J connectivity index is 0.00000192. The number of nitrogens with zero attached hydrogens (tertiary/aromatic N) is 2. The van der Waals surface area contributed by atoms with Crippen molar-refractivity contribution in [3.63, 3.8) is 0 Å². The lowest BCUT2D eigenvalue weighted by molar-refractivity contribution is 0.166. The van der Waals surface area contributed by atoms with Crippen LogP contribution in [0.1, 0.15) is 35.7 Å². The van der Waals surface area contributed by atoms with Crippen LogP contribution in [0.15, 0.2) is 42.5 Å². The quantitative estimate of drug-likeness (QED) is 0.607. The largest absolute Gasteiger partial charge is 0.250 e. The van der Waals surface area contributed by atoms with Crippen LogP contribution in [0.5, 0.6) is 0 Å². The number of aromatic nitrogens is 1. The average molecular weight is 373 g/mol. The van der Waals surface area contributed by atoms with E-state index in [4.69, 9.17) is 23.2 Å². The second kappa shape index (κ2) is 8.86. The van der Waals surface area contributed by atoms with Crippen molar-refractivity contribution in [2.24, 2.45) is 0 Å². The van der Waals surface area contributed by atoms with E-state index >= 15 is 0 Å². The van der Waals surface area contributed by atoms with Crippen molar-refractivity contribution in [3.05, 3.63) is 64.4 Å². The van der Waals surface area contributed by atoms with Gasteiger partial charge in [0.05, 0.1) is 17.6 Å². The van der Waals surface area contributed by atoms with Gasteiger partial charge in [0.1, 0.15) is 5.15 Å². The van der Waals surface area contributed by atoms with E-state index in [9.17, 15) is 0 Å². The normalized spacial score (nSPS) is 17.9. The predicted molar refractivity (Wildman–Crippen MR) is 98.0 cm³/mol. The van der Waals surface area contributed by atoms with Gasteiger partial charge in [-0.25, -0.2) is 9.99 Å². The number of hydrazine groups is 1. The average Bonchev–Trinajstić information content (AvgIpc) is 3.02. The number of halogens is 3. The molecule has 1 fully saturated rings. The first-order valence-corrected chi connectivity index (χ1v) is 8.44. The molecule has 0 amide bonds. The van der Waals surface area contributed by atoms with Crippen molar-refractivity contribution in [2.45, 2.75) is 31.3 Å². The van der Waals surface area contributed by atoms with E-state index in [1.165, 1.54) is 11.1 Å². The highest BCUT2D eigenvalue weighted by molar-refractivity contribution is 6.29. The fourth-order valence-electron chi connectivity index (χ4n) is 2.96. The van der Waals surface area contributed by atoms with E-state index in [1.54, 1.807) is 0 Å². The topological polar surface area (TPSA) is 28.2 Å². The first-order valence-electron chi connectivity index (χ1n) is 7.53. The van der Waals surface area contributed by atoms with E-state index in [0.29, 0.717) is 17.1 Å². The van der Waals surface area contributed by atoms with E-state index < -0.39 is 0 Å². The van der Waals surface area contributed by atoms with E-state index in [2.05, 4.69) is 45.8 Å². The van der Waals surface area contributed by atoms with Crippen LogP contribution in [-0.4, -0.2) is 16.5 Å². The monoisotopic (exact) mass is 371 g/mol. The van der Waals surface area contributed by atoms with Gasteiger partial charge in [-0.05, 0) is 30.0 Å². The second-order valence-corrected chi connectivity index (χ2v) is 6.13. The molecule has 1 unspecified atom stereocenters. The van der Waals surface area contributed by atoms with Crippen LogP contribution in [-0.2, 0) is 12.4 Å². The smallest absolute Gasteiger partial charge is 0.129 e. The maximum atomic E-state index is 6.04. The summed E-state index contributed by atoms with van der Waals surface area (Å²) in [4.78, 5) is 4.37. The molecule has 0 aliphatic carbocycles. The van der Waals surface area contributed by atoms with Crippen LogP contribution in [0.25, 0.3) is 0 Å². The molecule has 0 spiro atoms. The number of hydrogen-bond donors (Lipinski definition) is 1. The van der Waals surface area contributed by atoms with Gasteiger partial charge < -0.3 is 0 Å². The van der Waals surface area contributed by atoms with Crippen molar-refractivity contribution in [1.82, 2.24) is 15.4 Å². The maximum Gasteiger partial charge on any atom is 0.129 e. The SMILES string of the molecule is Cl.ClCc1nc(Cl)ccc1C1CCCN1NCc1ccccc1. The first kappa shape index (κ1) is 18.5. The fraction of sp³-hybridized carbons (Fsp3) is 0.353. The summed E-state index contributed by atoms with van der Waals surface area (Å²) in [6, 6.07) is 14.6. The molecule has 0 saturated carbocycles. The zero-order valence-electron chi connectivity index (χ0n) is 12.7. The number of hydrogen-bond acceptors (Lipinski definition) is 3. The van der Waals surface area contributed by atoms with Gasteiger partial charge in [-0.3, -0.25) is 5.43 Å². The van der Waals surface area contributed by atoms with Crippen LogP contribution in [0.4, 0.5) is 0 Å². The van der Waals surface area contributed by atoms with Crippen molar-refractivity contribution >= 4 is 35.6 Å². The molecule has 1 N–H and O–H groups in total. The van der Waals surface area contributed by atoms with E-state index in [1.807, 2.05) is 12.1 Å². The van der Waals surface area contributed by atoms with Gasteiger partial charge in [0.25, 0.3) is 0 Å². The van der Waals surface area contributed by atoms with Crippen LogP contribution >= 0.6 is 35.6 Å². The minimum absolute atomic E-state index is 0. The minimum Gasteiger partial charge on any atom is -0.250 e. The molecule has 6 heteroatoms. The summed E-state index contributed by atoms with van der Waals surface area (Å²) < 4.78 is 0. The van der Waals surface area contributed by atoms with E-state index in [-0.39, 0.29) is 12.4 Å².